The van der Waals surface area contributed by atoms with E-state index in [1.54, 1.807) is 36.9 Å². The van der Waals surface area contributed by atoms with E-state index in [1.165, 1.54) is 22.7 Å². The Bertz CT molecular complexity index is 1060. The number of hydrogen-bond donors (Lipinski definition) is 1. The molecule has 0 saturated heterocycles. The van der Waals surface area contributed by atoms with Gasteiger partial charge < -0.3 is 9.47 Å². The first-order valence-electron chi connectivity index (χ1n) is 8.07. The van der Waals surface area contributed by atoms with Gasteiger partial charge in [0.25, 0.3) is 5.91 Å². The zero-order chi connectivity index (χ0) is 18.6. The van der Waals surface area contributed by atoms with Gasteiger partial charge in [-0.3, -0.25) is 10.1 Å². The molecule has 0 bridgehead atoms. The number of methoxy groups -OCH3 is 1. The highest BCUT2D eigenvalue weighted by atomic mass is 32.1. The summed E-state index contributed by atoms with van der Waals surface area (Å²) in [5.74, 6) is 1.23. The number of aromatic nitrogens is 2. The molecule has 0 aliphatic carbocycles. The van der Waals surface area contributed by atoms with Crippen molar-refractivity contribution in [2.24, 2.45) is 0 Å². The lowest BCUT2D eigenvalue weighted by molar-refractivity contribution is 0.102. The first-order chi connectivity index (χ1) is 13.2. The molecule has 1 amide bonds. The van der Waals surface area contributed by atoms with E-state index >= 15 is 0 Å². The number of ether oxygens (including phenoxy) is 2. The maximum absolute atomic E-state index is 12.5. The first-order valence-corrected chi connectivity index (χ1v) is 9.83. The molecule has 0 radical (unpaired) electrons. The summed E-state index contributed by atoms with van der Waals surface area (Å²) in [4.78, 5) is 21.0. The Hall–Kier alpha value is -2.97. The van der Waals surface area contributed by atoms with Crippen LogP contribution in [0.2, 0.25) is 0 Å². The van der Waals surface area contributed by atoms with Crippen molar-refractivity contribution in [3.63, 3.8) is 0 Å². The van der Waals surface area contributed by atoms with E-state index in [9.17, 15) is 4.79 Å². The van der Waals surface area contributed by atoms with Gasteiger partial charge in [-0.2, -0.15) is 0 Å². The van der Waals surface area contributed by atoms with E-state index in [0.29, 0.717) is 23.1 Å². The van der Waals surface area contributed by atoms with Crippen molar-refractivity contribution in [1.82, 2.24) is 9.97 Å². The summed E-state index contributed by atoms with van der Waals surface area (Å²) in [5.41, 5.74) is 4.01. The summed E-state index contributed by atoms with van der Waals surface area (Å²) in [7, 11) is 1.62. The molecule has 0 atom stereocenters. The van der Waals surface area contributed by atoms with Crippen molar-refractivity contribution in [1.29, 1.82) is 0 Å². The molecule has 0 fully saturated rings. The van der Waals surface area contributed by atoms with Gasteiger partial charge in [-0.05, 0) is 42.5 Å². The minimum absolute atomic E-state index is 0.216. The van der Waals surface area contributed by atoms with Crippen molar-refractivity contribution in [3.8, 4) is 11.5 Å². The quantitative estimate of drug-likeness (QED) is 0.515. The summed E-state index contributed by atoms with van der Waals surface area (Å²) in [6.45, 7) is 0.407. The van der Waals surface area contributed by atoms with E-state index in [4.69, 9.17) is 9.47 Å². The fourth-order valence-corrected chi connectivity index (χ4v) is 3.86. The SMILES string of the molecule is COc1ccc2nc(NC(=O)c3ccc(OCc4cscn4)cc3)sc2c1. The van der Waals surface area contributed by atoms with Crippen molar-refractivity contribution < 1.29 is 14.3 Å². The van der Waals surface area contributed by atoms with Crippen LogP contribution >= 0.6 is 22.7 Å². The topological polar surface area (TPSA) is 73.3 Å². The third kappa shape index (κ3) is 4.07. The van der Waals surface area contributed by atoms with Gasteiger partial charge in [0.2, 0.25) is 0 Å². The van der Waals surface area contributed by atoms with Gasteiger partial charge in [-0.15, -0.1) is 11.3 Å². The predicted octanol–water partition coefficient (Wildman–Crippen LogP) is 4.59. The Morgan fingerprint density at radius 3 is 2.70 bits per heavy atom. The Kier molecular flexibility index (Phi) is 4.99. The second-order valence-electron chi connectivity index (χ2n) is 5.60. The van der Waals surface area contributed by atoms with Crippen LogP contribution in [0, 0.1) is 0 Å². The highest BCUT2D eigenvalue weighted by Gasteiger charge is 2.11. The molecule has 0 saturated carbocycles. The maximum Gasteiger partial charge on any atom is 0.257 e. The number of thiazole rings is 2. The minimum atomic E-state index is -0.216. The number of carbonyl (C=O) groups excluding carboxylic acids is 1. The van der Waals surface area contributed by atoms with Crippen LogP contribution in [-0.4, -0.2) is 23.0 Å². The normalized spacial score (nSPS) is 10.7. The largest absolute Gasteiger partial charge is 0.497 e. The lowest BCUT2D eigenvalue weighted by Crippen LogP contribution is -2.11. The molecule has 0 aliphatic heterocycles. The smallest absolute Gasteiger partial charge is 0.257 e. The Labute approximate surface area is 163 Å². The highest BCUT2D eigenvalue weighted by Crippen LogP contribution is 2.29. The van der Waals surface area contributed by atoms with Crippen molar-refractivity contribution in [2.45, 2.75) is 6.61 Å². The summed E-state index contributed by atoms with van der Waals surface area (Å²) in [5, 5.41) is 5.33. The number of nitrogens with one attached hydrogen (secondary N) is 1. The number of anilines is 1. The van der Waals surface area contributed by atoms with Crippen LogP contribution in [-0.2, 0) is 6.61 Å². The van der Waals surface area contributed by atoms with E-state index in [-0.39, 0.29) is 5.91 Å². The molecule has 1 N–H and O–H groups in total. The number of carbonyl (C=O) groups is 1. The fourth-order valence-electron chi connectivity index (χ4n) is 2.42. The molecule has 0 unspecified atom stereocenters. The molecule has 2 aromatic heterocycles. The number of benzene rings is 2. The van der Waals surface area contributed by atoms with Gasteiger partial charge in [0.05, 0.1) is 28.5 Å². The predicted molar refractivity (Wildman–Crippen MR) is 107 cm³/mol. The number of rotatable bonds is 6. The number of fused-ring (bicyclic) bond motifs is 1. The average Bonchev–Trinajstić information content (AvgIpc) is 3.35. The van der Waals surface area contributed by atoms with Crippen LogP contribution in [0.25, 0.3) is 10.2 Å². The maximum atomic E-state index is 12.5. The summed E-state index contributed by atoms with van der Waals surface area (Å²) >= 11 is 2.94. The molecule has 0 aliphatic rings. The third-order valence-corrected chi connectivity index (χ3v) is 5.37. The van der Waals surface area contributed by atoms with Crippen LogP contribution in [0.3, 0.4) is 0 Å². The minimum Gasteiger partial charge on any atom is -0.497 e. The van der Waals surface area contributed by atoms with Gasteiger partial charge >= 0.3 is 0 Å². The van der Waals surface area contributed by atoms with Crippen LogP contribution in [0.5, 0.6) is 11.5 Å². The molecular weight excluding hydrogens is 382 g/mol. The zero-order valence-electron chi connectivity index (χ0n) is 14.3. The molecule has 4 rings (SSSR count). The highest BCUT2D eigenvalue weighted by molar-refractivity contribution is 7.22. The van der Waals surface area contributed by atoms with Crippen molar-refractivity contribution >= 4 is 43.9 Å². The molecule has 27 heavy (non-hydrogen) atoms. The van der Waals surface area contributed by atoms with Gasteiger partial charge in [0.1, 0.15) is 18.1 Å². The number of hydrogen-bond acceptors (Lipinski definition) is 7. The van der Waals surface area contributed by atoms with Crippen LogP contribution in [0.4, 0.5) is 5.13 Å². The molecule has 6 nitrogen and oxygen atoms in total. The second kappa shape index (κ2) is 7.73. The van der Waals surface area contributed by atoms with Crippen LogP contribution in [0.15, 0.2) is 53.4 Å². The Balaban J connectivity index is 1.41. The van der Waals surface area contributed by atoms with Gasteiger partial charge in [-0.1, -0.05) is 11.3 Å². The van der Waals surface area contributed by atoms with Gasteiger partial charge in [0, 0.05) is 10.9 Å². The monoisotopic (exact) mass is 397 g/mol. The molecule has 8 heteroatoms. The standard InChI is InChI=1S/C19H15N3O3S2/c1-24-15-6-7-16-17(8-15)27-19(21-16)22-18(23)12-2-4-14(5-3-12)25-9-13-10-26-11-20-13/h2-8,10-11H,9H2,1H3,(H,21,22,23). The number of amides is 1. The summed E-state index contributed by atoms with van der Waals surface area (Å²) in [6.07, 6.45) is 0. The van der Waals surface area contributed by atoms with Gasteiger partial charge in [-0.25, -0.2) is 9.97 Å². The van der Waals surface area contributed by atoms with E-state index < -0.39 is 0 Å². The van der Waals surface area contributed by atoms with Crippen molar-refractivity contribution in [2.75, 3.05) is 12.4 Å². The second-order valence-corrected chi connectivity index (χ2v) is 7.35. The Morgan fingerprint density at radius 2 is 1.96 bits per heavy atom. The molecular formula is C19H15N3O3S2. The van der Waals surface area contributed by atoms with Gasteiger partial charge in [0.15, 0.2) is 5.13 Å². The summed E-state index contributed by atoms with van der Waals surface area (Å²) < 4.78 is 11.8. The summed E-state index contributed by atoms with van der Waals surface area (Å²) in [6, 6.07) is 12.6. The van der Waals surface area contributed by atoms with Crippen LogP contribution in [0.1, 0.15) is 16.1 Å². The first kappa shape index (κ1) is 17.4. The average molecular weight is 397 g/mol. The van der Waals surface area contributed by atoms with E-state index in [2.05, 4.69) is 15.3 Å². The van der Waals surface area contributed by atoms with Crippen molar-refractivity contribution in [3.05, 3.63) is 64.6 Å². The number of nitrogens with zero attached hydrogens (tertiary/aromatic N) is 2. The molecule has 2 aromatic carbocycles. The molecule has 2 heterocycles. The van der Waals surface area contributed by atoms with Crippen LogP contribution < -0.4 is 14.8 Å². The lowest BCUT2D eigenvalue weighted by Gasteiger charge is -2.06. The molecule has 0 spiro atoms. The lowest BCUT2D eigenvalue weighted by atomic mass is 10.2. The Morgan fingerprint density at radius 1 is 1.15 bits per heavy atom. The third-order valence-electron chi connectivity index (χ3n) is 3.80. The fraction of sp³-hybridized carbons (Fsp3) is 0.105. The molecule has 4 aromatic rings. The van der Waals surface area contributed by atoms with E-state index in [0.717, 1.165) is 21.7 Å². The molecule has 136 valence electrons. The van der Waals surface area contributed by atoms with E-state index in [1.807, 2.05) is 23.6 Å². The zero-order valence-corrected chi connectivity index (χ0v) is 16.0.